The van der Waals surface area contributed by atoms with E-state index in [1.54, 1.807) is 0 Å². The van der Waals surface area contributed by atoms with Crippen LogP contribution >= 0.6 is 0 Å². The molecule has 0 radical (unpaired) electrons. The Balaban J connectivity index is 2.30. The van der Waals surface area contributed by atoms with Crippen molar-refractivity contribution in [2.24, 2.45) is 5.73 Å². The molecule has 0 aliphatic carbocycles. The van der Waals surface area contributed by atoms with Crippen LogP contribution < -0.4 is 5.73 Å². The van der Waals surface area contributed by atoms with Crippen LogP contribution in [0.3, 0.4) is 0 Å². The molecule has 1 aromatic rings. The van der Waals surface area contributed by atoms with E-state index in [4.69, 9.17) is 5.73 Å². The van der Waals surface area contributed by atoms with Gasteiger partial charge in [0.2, 0.25) is 0 Å². The molecule has 0 saturated heterocycles. The molecule has 2 N–H and O–H groups in total. The first-order chi connectivity index (χ1) is 7.75. The van der Waals surface area contributed by atoms with Crippen LogP contribution in [0.25, 0.3) is 0 Å². The van der Waals surface area contributed by atoms with E-state index in [9.17, 15) is 0 Å². The van der Waals surface area contributed by atoms with Crippen LogP contribution in [-0.4, -0.2) is 4.98 Å². The fourth-order valence-corrected chi connectivity index (χ4v) is 1.99. The molecule has 1 atom stereocenters. The van der Waals surface area contributed by atoms with E-state index in [1.807, 2.05) is 18.5 Å². The first kappa shape index (κ1) is 13.2. The van der Waals surface area contributed by atoms with E-state index in [0.717, 1.165) is 6.42 Å². The van der Waals surface area contributed by atoms with Crippen LogP contribution in [0.4, 0.5) is 0 Å². The number of hydrogen-bond acceptors (Lipinski definition) is 2. The molecule has 0 fully saturated rings. The predicted octanol–water partition coefficient (Wildman–Crippen LogP) is 3.75. The minimum atomic E-state index is 0.162. The second kappa shape index (κ2) is 7.39. The SMILES string of the molecule is CCCCCCCC(N)c1cnccc1C. The van der Waals surface area contributed by atoms with Crippen molar-refractivity contribution in [3.63, 3.8) is 0 Å². The van der Waals surface area contributed by atoms with Gasteiger partial charge in [-0.1, -0.05) is 39.0 Å². The number of nitrogens with zero attached hydrogens (tertiary/aromatic N) is 1. The first-order valence-electron chi connectivity index (χ1n) is 6.41. The number of aryl methyl sites for hydroxylation is 1. The normalized spacial score (nSPS) is 12.7. The molecule has 1 rings (SSSR count). The van der Waals surface area contributed by atoms with Crippen molar-refractivity contribution in [1.29, 1.82) is 0 Å². The van der Waals surface area contributed by atoms with Crippen molar-refractivity contribution in [1.82, 2.24) is 4.98 Å². The van der Waals surface area contributed by atoms with E-state index in [2.05, 4.69) is 18.8 Å². The Bertz CT molecular complexity index is 297. The summed E-state index contributed by atoms with van der Waals surface area (Å²) < 4.78 is 0. The number of hydrogen-bond donors (Lipinski definition) is 1. The largest absolute Gasteiger partial charge is 0.324 e. The van der Waals surface area contributed by atoms with Crippen LogP contribution in [0.2, 0.25) is 0 Å². The summed E-state index contributed by atoms with van der Waals surface area (Å²) in [6.07, 6.45) is 11.3. The van der Waals surface area contributed by atoms with Crippen LogP contribution in [0.5, 0.6) is 0 Å². The van der Waals surface area contributed by atoms with E-state index in [-0.39, 0.29) is 6.04 Å². The van der Waals surface area contributed by atoms with E-state index >= 15 is 0 Å². The molecule has 0 aliphatic heterocycles. The van der Waals surface area contributed by atoms with Gasteiger partial charge in [0, 0.05) is 18.4 Å². The van der Waals surface area contributed by atoms with Crippen molar-refractivity contribution >= 4 is 0 Å². The summed E-state index contributed by atoms with van der Waals surface area (Å²) in [6.45, 7) is 4.35. The van der Waals surface area contributed by atoms with E-state index < -0.39 is 0 Å². The van der Waals surface area contributed by atoms with Gasteiger partial charge >= 0.3 is 0 Å². The Morgan fingerprint density at radius 1 is 1.25 bits per heavy atom. The monoisotopic (exact) mass is 220 g/mol. The highest BCUT2D eigenvalue weighted by molar-refractivity contribution is 5.24. The lowest BCUT2D eigenvalue weighted by atomic mass is 9.99. The van der Waals surface area contributed by atoms with Gasteiger partial charge in [-0.3, -0.25) is 4.98 Å². The molecule has 0 amide bonds. The van der Waals surface area contributed by atoms with Crippen molar-refractivity contribution in [2.45, 2.75) is 58.4 Å². The summed E-state index contributed by atoms with van der Waals surface area (Å²) in [5, 5.41) is 0. The zero-order valence-electron chi connectivity index (χ0n) is 10.6. The summed E-state index contributed by atoms with van der Waals surface area (Å²) in [5.74, 6) is 0. The van der Waals surface area contributed by atoms with Crippen molar-refractivity contribution in [2.75, 3.05) is 0 Å². The van der Waals surface area contributed by atoms with Gasteiger partial charge in [0.1, 0.15) is 0 Å². The fourth-order valence-electron chi connectivity index (χ4n) is 1.99. The zero-order valence-corrected chi connectivity index (χ0v) is 10.6. The third-order valence-corrected chi connectivity index (χ3v) is 3.10. The maximum absolute atomic E-state index is 6.17. The Labute approximate surface area is 99.3 Å². The van der Waals surface area contributed by atoms with Crippen LogP contribution in [0.1, 0.15) is 62.6 Å². The number of rotatable bonds is 7. The quantitative estimate of drug-likeness (QED) is 0.711. The lowest BCUT2D eigenvalue weighted by Gasteiger charge is -2.13. The molecule has 2 heteroatoms. The van der Waals surface area contributed by atoms with Crippen LogP contribution in [0, 0.1) is 6.92 Å². The van der Waals surface area contributed by atoms with Crippen LogP contribution in [0.15, 0.2) is 18.5 Å². The van der Waals surface area contributed by atoms with Gasteiger partial charge in [0.05, 0.1) is 0 Å². The summed E-state index contributed by atoms with van der Waals surface area (Å²) in [7, 11) is 0. The first-order valence-corrected chi connectivity index (χ1v) is 6.41. The fraction of sp³-hybridized carbons (Fsp3) is 0.643. The molecule has 1 aromatic heterocycles. The summed E-state index contributed by atoms with van der Waals surface area (Å²) in [4.78, 5) is 4.14. The molecule has 1 unspecified atom stereocenters. The average molecular weight is 220 g/mol. The highest BCUT2D eigenvalue weighted by atomic mass is 14.7. The number of aromatic nitrogens is 1. The lowest BCUT2D eigenvalue weighted by Crippen LogP contribution is -2.11. The molecule has 1 heterocycles. The van der Waals surface area contributed by atoms with Gasteiger partial charge in [0.25, 0.3) is 0 Å². The number of nitrogens with two attached hydrogens (primary N) is 1. The maximum Gasteiger partial charge on any atom is 0.0318 e. The third kappa shape index (κ3) is 4.31. The third-order valence-electron chi connectivity index (χ3n) is 3.10. The summed E-state index contributed by atoms with van der Waals surface area (Å²) in [5.41, 5.74) is 8.64. The van der Waals surface area contributed by atoms with Gasteiger partial charge in [-0.05, 0) is 30.5 Å². The average Bonchev–Trinajstić information content (AvgIpc) is 2.29. The topological polar surface area (TPSA) is 38.9 Å². The molecule has 0 aromatic carbocycles. The minimum Gasteiger partial charge on any atom is -0.324 e. The second-order valence-corrected chi connectivity index (χ2v) is 4.54. The van der Waals surface area contributed by atoms with E-state index in [0.29, 0.717) is 0 Å². The maximum atomic E-state index is 6.17. The Morgan fingerprint density at radius 2 is 2.00 bits per heavy atom. The molecule has 16 heavy (non-hydrogen) atoms. The molecular formula is C14H24N2. The molecule has 0 saturated carbocycles. The molecule has 90 valence electrons. The van der Waals surface area contributed by atoms with Gasteiger partial charge in [-0.15, -0.1) is 0 Å². The summed E-state index contributed by atoms with van der Waals surface area (Å²) in [6, 6.07) is 2.20. The smallest absolute Gasteiger partial charge is 0.0318 e. The molecule has 0 spiro atoms. The van der Waals surface area contributed by atoms with Gasteiger partial charge < -0.3 is 5.73 Å². The summed E-state index contributed by atoms with van der Waals surface area (Å²) >= 11 is 0. The minimum absolute atomic E-state index is 0.162. The highest BCUT2D eigenvalue weighted by Crippen LogP contribution is 2.19. The Morgan fingerprint density at radius 3 is 2.69 bits per heavy atom. The molecule has 2 nitrogen and oxygen atoms in total. The molecule has 0 bridgehead atoms. The number of pyridine rings is 1. The van der Waals surface area contributed by atoms with Crippen molar-refractivity contribution in [3.8, 4) is 0 Å². The van der Waals surface area contributed by atoms with E-state index in [1.165, 1.54) is 43.2 Å². The molecular weight excluding hydrogens is 196 g/mol. The van der Waals surface area contributed by atoms with Crippen molar-refractivity contribution < 1.29 is 0 Å². The second-order valence-electron chi connectivity index (χ2n) is 4.54. The Hall–Kier alpha value is -0.890. The lowest BCUT2D eigenvalue weighted by molar-refractivity contribution is 0.553. The standard InChI is InChI=1S/C14H24N2/c1-3-4-5-6-7-8-14(15)13-11-16-10-9-12(13)2/h9-11,14H,3-8,15H2,1-2H3. The number of unbranched alkanes of at least 4 members (excludes halogenated alkanes) is 4. The van der Waals surface area contributed by atoms with Gasteiger partial charge in [-0.25, -0.2) is 0 Å². The van der Waals surface area contributed by atoms with Crippen molar-refractivity contribution in [3.05, 3.63) is 29.6 Å². The Kier molecular flexibility index (Phi) is 6.09. The van der Waals surface area contributed by atoms with Gasteiger partial charge in [-0.2, -0.15) is 0 Å². The van der Waals surface area contributed by atoms with Crippen LogP contribution in [-0.2, 0) is 0 Å². The van der Waals surface area contributed by atoms with Gasteiger partial charge in [0.15, 0.2) is 0 Å². The highest BCUT2D eigenvalue weighted by Gasteiger charge is 2.08. The zero-order chi connectivity index (χ0) is 11.8. The molecule has 0 aliphatic rings. The predicted molar refractivity (Wildman–Crippen MR) is 69.3 cm³/mol.